The van der Waals surface area contributed by atoms with E-state index in [-0.39, 0.29) is 5.91 Å². The van der Waals surface area contributed by atoms with Gasteiger partial charge < -0.3 is 9.42 Å². The molecule has 112 valence electrons. The summed E-state index contributed by atoms with van der Waals surface area (Å²) >= 11 is 1.65. The van der Waals surface area contributed by atoms with Crippen molar-refractivity contribution in [2.75, 3.05) is 7.05 Å². The van der Waals surface area contributed by atoms with Crippen LogP contribution < -0.4 is 0 Å². The Morgan fingerprint density at radius 2 is 2.33 bits per heavy atom. The van der Waals surface area contributed by atoms with Crippen LogP contribution in [0.4, 0.5) is 0 Å². The molecule has 4 nitrogen and oxygen atoms in total. The number of carbonyl (C=O) groups is 1. The lowest BCUT2D eigenvalue weighted by Gasteiger charge is -2.16. The predicted molar refractivity (Wildman–Crippen MR) is 82.5 cm³/mol. The van der Waals surface area contributed by atoms with Crippen LogP contribution in [0.1, 0.15) is 44.9 Å². The van der Waals surface area contributed by atoms with E-state index < -0.39 is 0 Å². The van der Waals surface area contributed by atoms with Crippen molar-refractivity contribution in [1.82, 2.24) is 10.1 Å². The van der Waals surface area contributed by atoms with Gasteiger partial charge in [0.25, 0.3) is 5.91 Å². The molecule has 0 saturated carbocycles. The van der Waals surface area contributed by atoms with Crippen LogP contribution in [0.15, 0.2) is 16.7 Å². The normalized spacial score (nSPS) is 17.6. The molecule has 1 amide bonds. The Bertz CT molecular complexity index is 659. The lowest BCUT2D eigenvalue weighted by Crippen LogP contribution is -2.25. The molecule has 0 aliphatic heterocycles. The first-order valence-corrected chi connectivity index (χ1v) is 8.14. The van der Waals surface area contributed by atoms with Crippen molar-refractivity contribution < 1.29 is 9.32 Å². The third-order valence-corrected chi connectivity index (χ3v) is 5.19. The van der Waals surface area contributed by atoms with Gasteiger partial charge in [-0.2, -0.15) is 0 Å². The minimum Gasteiger partial charge on any atom is -0.361 e. The van der Waals surface area contributed by atoms with Crippen LogP contribution in [0.25, 0.3) is 0 Å². The standard InChI is InChI=1S/C16H20N2O2S/c1-10-4-5-14-12(6-10)8-15(21-14)16(19)18(3)9-13-7-11(2)20-17-13/h7-8,10H,4-6,9H2,1-3H3. The largest absolute Gasteiger partial charge is 0.361 e. The fourth-order valence-electron chi connectivity index (χ4n) is 2.81. The summed E-state index contributed by atoms with van der Waals surface area (Å²) in [6.07, 6.45) is 3.45. The summed E-state index contributed by atoms with van der Waals surface area (Å²) in [4.78, 5) is 16.5. The maximum absolute atomic E-state index is 12.5. The van der Waals surface area contributed by atoms with E-state index in [1.165, 1.54) is 16.9 Å². The second kappa shape index (κ2) is 5.64. The minimum atomic E-state index is 0.0720. The molecule has 1 aliphatic carbocycles. The highest BCUT2D eigenvalue weighted by atomic mass is 32.1. The van der Waals surface area contributed by atoms with Crippen molar-refractivity contribution in [2.24, 2.45) is 5.92 Å². The number of thiophene rings is 1. The van der Waals surface area contributed by atoms with Crippen molar-refractivity contribution in [3.63, 3.8) is 0 Å². The van der Waals surface area contributed by atoms with Gasteiger partial charge in [0, 0.05) is 18.0 Å². The lowest BCUT2D eigenvalue weighted by atomic mass is 9.90. The van der Waals surface area contributed by atoms with E-state index in [2.05, 4.69) is 18.1 Å². The number of carbonyl (C=O) groups excluding carboxylic acids is 1. The maximum Gasteiger partial charge on any atom is 0.264 e. The van der Waals surface area contributed by atoms with E-state index in [0.29, 0.717) is 6.54 Å². The summed E-state index contributed by atoms with van der Waals surface area (Å²) in [6.45, 7) is 4.61. The van der Waals surface area contributed by atoms with Gasteiger partial charge in [0.05, 0.1) is 11.4 Å². The molecule has 2 heterocycles. The zero-order valence-electron chi connectivity index (χ0n) is 12.7. The molecule has 1 unspecified atom stereocenters. The van der Waals surface area contributed by atoms with E-state index in [1.807, 2.05) is 20.0 Å². The number of rotatable bonds is 3. The van der Waals surface area contributed by atoms with E-state index in [4.69, 9.17) is 4.52 Å². The van der Waals surface area contributed by atoms with Gasteiger partial charge in [-0.25, -0.2) is 0 Å². The van der Waals surface area contributed by atoms with E-state index in [0.717, 1.165) is 35.1 Å². The Balaban J connectivity index is 1.72. The number of hydrogen-bond donors (Lipinski definition) is 0. The number of aromatic nitrogens is 1. The Kier molecular flexibility index (Phi) is 3.85. The van der Waals surface area contributed by atoms with E-state index in [1.54, 1.807) is 16.2 Å². The molecular formula is C16H20N2O2S. The fraction of sp³-hybridized carbons (Fsp3) is 0.500. The molecule has 0 radical (unpaired) electrons. The van der Waals surface area contributed by atoms with Gasteiger partial charge >= 0.3 is 0 Å². The quantitative estimate of drug-likeness (QED) is 0.872. The average Bonchev–Trinajstić information content (AvgIpc) is 3.03. The molecule has 2 aromatic heterocycles. The highest BCUT2D eigenvalue weighted by Crippen LogP contribution is 2.32. The van der Waals surface area contributed by atoms with Gasteiger partial charge in [0.1, 0.15) is 11.5 Å². The van der Waals surface area contributed by atoms with Crippen molar-refractivity contribution in [2.45, 2.75) is 39.7 Å². The average molecular weight is 304 g/mol. The minimum absolute atomic E-state index is 0.0720. The molecule has 0 aromatic carbocycles. The third-order valence-electron chi connectivity index (χ3n) is 3.96. The van der Waals surface area contributed by atoms with E-state index in [9.17, 15) is 4.79 Å². The van der Waals surface area contributed by atoms with Crippen LogP contribution >= 0.6 is 11.3 Å². The summed E-state index contributed by atoms with van der Waals surface area (Å²) in [5.41, 5.74) is 2.16. The van der Waals surface area contributed by atoms with Crippen LogP contribution in [0, 0.1) is 12.8 Å². The zero-order chi connectivity index (χ0) is 15.0. The van der Waals surface area contributed by atoms with E-state index >= 15 is 0 Å². The van der Waals surface area contributed by atoms with Gasteiger partial charge in [-0.1, -0.05) is 12.1 Å². The van der Waals surface area contributed by atoms with Crippen molar-refractivity contribution in [1.29, 1.82) is 0 Å². The molecule has 1 aliphatic rings. The Morgan fingerprint density at radius 1 is 1.52 bits per heavy atom. The third kappa shape index (κ3) is 3.02. The molecule has 1 atom stereocenters. The number of hydrogen-bond acceptors (Lipinski definition) is 4. The molecule has 3 rings (SSSR count). The summed E-state index contributed by atoms with van der Waals surface area (Å²) in [6, 6.07) is 3.95. The fourth-order valence-corrected chi connectivity index (χ4v) is 4.01. The maximum atomic E-state index is 12.5. The molecular weight excluding hydrogens is 284 g/mol. The topological polar surface area (TPSA) is 46.3 Å². The number of fused-ring (bicyclic) bond motifs is 1. The predicted octanol–water partition coefficient (Wildman–Crippen LogP) is 3.44. The zero-order valence-corrected chi connectivity index (χ0v) is 13.5. The molecule has 21 heavy (non-hydrogen) atoms. The molecule has 0 fully saturated rings. The van der Waals surface area contributed by atoms with Gasteiger partial charge in [-0.05, 0) is 43.7 Å². The molecule has 0 saturated heterocycles. The first-order valence-electron chi connectivity index (χ1n) is 7.32. The van der Waals surface area contributed by atoms with Crippen molar-refractivity contribution in [3.05, 3.63) is 38.9 Å². The number of amides is 1. The second-order valence-corrected chi connectivity index (χ2v) is 7.13. The Labute approximate surface area is 128 Å². The summed E-state index contributed by atoms with van der Waals surface area (Å²) in [5.74, 6) is 1.57. The molecule has 0 N–H and O–H groups in total. The van der Waals surface area contributed by atoms with Crippen molar-refractivity contribution >= 4 is 17.2 Å². The highest BCUT2D eigenvalue weighted by Gasteiger charge is 2.22. The van der Waals surface area contributed by atoms with Crippen LogP contribution in [0.3, 0.4) is 0 Å². The summed E-state index contributed by atoms with van der Waals surface area (Å²) in [7, 11) is 1.81. The lowest BCUT2D eigenvalue weighted by molar-refractivity contribution is 0.0787. The Hall–Kier alpha value is -1.62. The van der Waals surface area contributed by atoms with Gasteiger partial charge in [0.2, 0.25) is 0 Å². The second-order valence-electron chi connectivity index (χ2n) is 6.00. The van der Waals surface area contributed by atoms with Crippen LogP contribution in [-0.2, 0) is 19.4 Å². The summed E-state index contributed by atoms with van der Waals surface area (Å²) in [5, 5.41) is 3.94. The Morgan fingerprint density at radius 3 is 3.05 bits per heavy atom. The van der Waals surface area contributed by atoms with Crippen LogP contribution in [-0.4, -0.2) is 23.0 Å². The van der Waals surface area contributed by atoms with Crippen LogP contribution in [0.5, 0.6) is 0 Å². The smallest absolute Gasteiger partial charge is 0.264 e. The first kappa shape index (κ1) is 14.3. The molecule has 0 spiro atoms. The highest BCUT2D eigenvalue weighted by molar-refractivity contribution is 7.14. The molecule has 0 bridgehead atoms. The van der Waals surface area contributed by atoms with Crippen LogP contribution in [0.2, 0.25) is 0 Å². The van der Waals surface area contributed by atoms with Gasteiger partial charge in [-0.15, -0.1) is 11.3 Å². The number of aryl methyl sites for hydroxylation is 2. The SMILES string of the molecule is Cc1cc(CN(C)C(=O)c2cc3c(s2)CCC(C)C3)no1. The first-order chi connectivity index (χ1) is 10.0. The molecule has 5 heteroatoms. The molecule has 2 aromatic rings. The van der Waals surface area contributed by atoms with Gasteiger partial charge in [-0.3, -0.25) is 4.79 Å². The van der Waals surface area contributed by atoms with Crippen molar-refractivity contribution in [3.8, 4) is 0 Å². The summed E-state index contributed by atoms with van der Waals surface area (Å²) < 4.78 is 5.04. The van der Waals surface area contributed by atoms with Gasteiger partial charge in [0.15, 0.2) is 0 Å². The monoisotopic (exact) mass is 304 g/mol. The number of nitrogens with zero attached hydrogens (tertiary/aromatic N) is 2.